The van der Waals surface area contributed by atoms with Gasteiger partial charge >= 0.3 is 0 Å². The van der Waals surface area contributed by atoms with E-state index in [0.29, 0.717) is 0 Å². The summed E-state index contributed by atoms with van der Waals surface area (Å²) in [6.45, 7) is 8.40. The molecule has 22 heavy (non-hydrogen) atoms. The number of nitrogens with zero attached hydrogens (tertiary/aromatic N) is 5. The molecule has 0 atom stereocenters. The smallest absolute Gasteiger partial charge is 0.193 e. The van der Waals surface area contributed by atoms with Crippen molar-refractivity contribution in [3.63, 3.8) is 0 Å². The first-order chi connectivity index (χ1) is 10.7. The van der Waals surface area contributed by atoms with Crippen LogP contribution in [0, 0.1) is 0 Å². The molecule has 7 nitrogen and oxygen atoms in total. The van der Waals surface area contributed by atoms with E-state index in [1.165, 1.54) is 0 Å². The first-order valence-electron chi connectivity index (χ1n) is 8.32. The fourth-order valence-corrected chi connectivity index (χ4v) is 2.59. The van der Waals surface area contributed by atoms with Crippen LogP contribution in [-0.4, -0.2) is 63.0 Å². The standard InChI is InChI=1S/C15H28N6O/c1-3-7-16-15(20-9-5-13(22)6-10-20)17-8-11-21-12-18-19-14(21)4-2/h12-13,22H,3-11H2,1-2H3,(H,16,17). The molecule has 0 bridgehead atoms. The molecule has 0 radical (unpaired) electrons. The number of hydrogen-bond acceptors (Lipinski definition) is 4. The van der Waals surface area contributed by atoms with E-state index in [9.17, 15) is 5.11 Å². The van der Waals surface area contributed by atoms with Gasteiger partial charge in [-0.2, -0.15) is 0 Å². The molecule has 1 aliphatic rings. The average Bonchev–Trinajstić information content (AvgIpc) is 2.99. The second-order valence-electron chi connectivity index (χ2n) is 5.64. The lowest BCUT2D eigenvalue weighted by atomic mass is 10.1. The molecule has 1 aromatic rings. The highest BCUT2D eigenvalue weighted by Gasteiger charge is 2.19. The molecule has 1 saturated heterocycles. The van der Waals surface area contributed by atoms with E-state index < -0.39 is 0 Å². The van der Waals surface area contributed by atoms with Crippen molar-refractivity contribution in [3.8, 4) is 0 Å². The number of rotatable bonds is 6. The monoisotopic (exact) mass is 308 g/mol. The number of nitrogens with one attached hydrogen (secondary N) is 1. The highest BCUT2D eigenvalue weighted by Crippen LogP contribution is 2.10. The number of aromatic nitrogens is 3. The zero-order valence-electron chi connectivity index (χ0n) is 13.7. The van der Waals surface area contributed by atoms with Crippen molar-refractivity contribution in [3.05, 3.63) is 12.2 Å². The molecule has 0 unspecified atom stereocenters. The maximum atomic E-state index is 9.64. The van der Waals surface area contributed by atoms with Gasteiger partial charge in [0.1, 0.15) is 12.2 Å². The van der Waals surface area contributed by atoms with Crippen molar-refractivity contribution >= 4 is 5.96 Å². The van der Waals surface area contributed by atoms with Gasteiger partial charge in [-0.25, -0.2) is 0 Å². The van der Waals surface area contributed by atoms with Gasteiger partial charge < -0.3 is 19.9 Å². The molecule has 0 amide bonds. The molecule has 124 valence electrons. The number of hydrogen-bond donors (Lipinski definition) is 2. The van der Waals surface area contributed by atoms with Gasteiger partial charge in [0.15, 0.2) is 5.96 Å². The van der Waals surface area contributed by atoms with Gasteiger partial charge in [0, 0.05) is 39.1 Å². The lowest BCUT2D eigenvalue weighted by Gasteiger charge is -2.32. The van der Waals surface area contributed by atoms with E-state index >= 15 is 0 Å². The summed E-state index contributed by atoms with van der Waals surface area (Å²) in [5.74, 6) is 1.97. The first kappa shape index (κ1) is 16.7. The van der Waals surface area contributed by atoms with Crippen LogP contribution in [0.2, 0.25) is 0 Å². The third-order valence-corrected chi connectivity index (χ3v) is 3.90. The summed E-state index contributed by atoms with van der Waals surface area (Å²) >= 11 is 0. The second-order valence-corrected chi connectivity index (χ2v) is 5.64. The molecule has 2 rings (SSSR count). The number of likely N-dealkylation sites (tertiary alicyclic amines) is 1. The van der Waals surface area contributed by atoms with Crippen LogP contribution in [0.15, 0.2) is 11.3 Å². The van der Waals surface area contributed by atoms with Gasteiger partial charge in [-0.1, -0.05) is 13.8 Å². The molecule has 2 heterocycles. The minimum atomic E-state index is -0.159. The van der Waals surface area contributed by atoms with Crippen LogP contribution in [0.3, 0.4) is 0 Å². The summed E-state index contributed by atoms with van der Waals surface area (Å²) in [5.41, 5.74) is 0. The maximum absolute atomic E-state index is 9.64. The lowest BCUT2D eigenvalue weighted by Crippen LogP contribution is -2.47. The van der Waals surface area contributed by atoms with Crippen LogP contribution >= 0.6 is 0 Å². The molecule has 0 aliphatic carbocycles. The molecule has 7 heteroatoms. The topological polar surface area (TPSA) is 78.6 Å². The van der Waals surface area contributed by atoms with Crippen molar-refractivity contribution in [1.29, 1.82) is 0 Å². The second kappa shape index (κ2) is 8.73. The minimum absolute atomic E-state index is 0.159. The zero-order valence-corrected chi connectivity index (χ0v) is 13.7. The highest BCUT2D eigenvalue weighted by atomic mass is 16.3. The van der Waals surface area contributed by atoms with Crippen LogP contribution in [-0.2, 0) is 13.0 Å². The minimum Gasteiger partial charge on any atom is -0.393 e. The predicted molar refractivity (Wildman–Crippen MR) is 86.8 cm³/mol. The number of aliphatic hydroxyl groups excluding tert-OH is 1. The number of aryl methyl sites for hydroxylation is 1. The van der Waals surface area contributed by atoms with Gasteiger partial charge in [-0.15, -0.1) is 10.2 Å². The van der Waals surface area contributed by atoms with E-state index in [1.807, 2.05) is 0 Å². The Morgan fingerprint density at radius 1 is 1.41 bits per heavy atom. The first-order valence-corrected chi connectivity index (χ1v) is 8.32. The third kappa shape index (κ3) is 4.69. The van der Waals surface area contributed by atoms with Crippen LogP contribution < -0.4 is 5.32 Å². The predicted octanol–water partition coefficient (Wildman–Crippen LogP) is 0.653. The lowest BCUT2D eigenvalue weighted by molar-refractivity contribution is 0.108. The van der Waals surface area contributed by atoms with E-state index in [1.54, 1.807) is 6.33 Å². The summed E-state index contributed by atoms with van der Waals surface area (Å²) < 4.78 is 2.07. The summed E-state index contributed by atoms with van der Waals surface area (Å²) in [4.78, 5) is 6.91. The number of aliphatic imine (C=N–C) groups is 1. The third-order valence-electron chi connectivity index (χ3n) is 3.90. The summed E-state index contributed by atoms with van der Waals surface area (Å²) in [6, 6.07) is 0. The van der Waals surface area contributed by atoms with Gasteiger partial charge in [-0.05, 0) is 19.3 Å². The number of guanidine groups is 1. The summed E-state index contributed by atoms with van der Waals surface area (Å²) in [7, 11) is 0. The fraction of sp³-hybridized carbons (Fsp3) is 0.800. The quantitative estimate of drug-likeness (QED) is 0.596. The van der Waals surface area contributed by atoms with Crippen LogP contribution in [0.4, 0.5) is 0 Å². The van der Waals surface area contributed by atoms with E-state index in [-0.39, 0.29) is 6.10 Å². The van der Waals surface area contributed by atoms with Crippen LogP contribution in [0.5, 0.6) is 0 Å². The molecular weight excluding hydrogens is 280 g/mol. The Hall–Kier alpha value is -1.63. The van der Waals surface area contributed by atoms with Crippen molar-refractivity contribution in [2.75, 3.05) is 26.2 Å². The summed E-state index contributed by atoms with van der Waals surface area (Å²) in [6.07, 6.45) is 5.18. The molecule has 2 N–H and O–H groups in total. The fourth-order valence-electron chi connectivity index (χ4n) is 2.59. The molecule has 1 aromatic heterocycles. The molecule has 0 spiro atoms. The molecule has 0 aromatic carbocycles. The summed E-state index contributed by atoms with van der Waals surface area (Å²) in [5, 5.41) is 21.1. The largest absolute Gasteiger partial charge is 0.393 e. The Labute approximate surface area is 132 Å². The highest BCUT2D eigenvalue weighted by molar-refractivity contribution is 5.80. The van der Waals surface area contributed by atoms with Crippen molar-refractivity contribution in [2.24, 2.45) is 4.99 Å². The normalized spacial score (nSPS) is 17.0. The van der Waals surface area contributed by atoms with Gasteiger partial charge in [0.25, 0.3) is 0 Å². The molecule has 1 aliphatic heterocycles. The van der Waals surface area contributed by atoms with Gasteiger partial charge in [0.2, 0.25) is 0 Å². The zero-order chi connectivity index (χ0) is 15.8. The van der Waals surface area contributed by atoms with Crippen molar-refractivity contribution < 1.29 is 5.11 Å². The molecular formula is C15H28N6O. The average molecular weight is 308 g/mol. The number of aliphatic hydroxyl groups is 1. The number of piperidine rings is 1. The molecule has 1 fully saturated rings. The maximum Gasteiger partial charge on any atom is 0.193 e. The molecule has 0 saturated carbocycles. The van der Waals surface area contributed by atoms with Gasteiger partial charge in [0.05, 0.1) is 6.10 Å². The Morgan fingerprint density at radius 2 is 2.18 bits per heavy atom. The SMILES string of the molecule is CCCN=C(NCCn1cnnc1CC)N1CCC(O)CC1. The van der Waals surface area contributed by atoms with Crippen LogP contribution in [0.25, 0.3) is 0 Å². The Balaban J connectivity index is 1.87. The van der Waals surface area contributed by atoms with Crippen LogP contribution in [0.1, 0.15) is 38.9 Å². The Kier molecular flexibility index (Phi) is 6.64. The van der Waals surface area contributed by atoms with E-state index in [2.05, 4.69) is 43.8 Å². The van der Waals surface area contributed by atoms with E-state index in [0.717, 1.165) is 70.2 Å². The van der Waals surface area contributed by atoms with Gasteiger partial charge in [-0.3, -0.25) is 4.99 Å². The van der Waals surface area contributed by atoms with Crippen molar-refractivity contribution in [2.45, 2.75) is 52.2 Å². The Morgan fingerprint density at radius 3 is 2.86 bits per heavy atom. The van der Waals surface area contributed by atoms with E-state index in [4.69, 9.17) is 0 Å². The Bertz CT molecular complexity index is 464. The van der Waals surface area contributed by atoms with Crippen molar-refractivity contribution in [1.82, 2.24) is 25.0 Å².